The first-order chi connectivity index (χ1) is 12.9. The van der Waals surface area contributed by atoms with Crippen LogP contribution in [0.1, 0.15) is 19.4 Å². The Labute approximate surface area is 166 Å². The van der Waals surface area contributed by atoms with Crippen LogP contribution in [-0.2, 0) is 4.79 Å². The van der Waals surface area contributed by atoms with Crippen molar-refractivity contribution in [3.8, 4) is 17.2 Å². The first-order valence-electron chi connectivity index (χ1n) is 8.33. The molecule has 0 aromatic heterocycles. The lowest BCUT2D eigenvalue weighted by Gasteiger charge is -2.14. The molecule has 2 aromatic rings. The highest BCUT2D eigenvalue weighted by Gasteiger charge is 2.12. The number of nitrogens with zero attached hydrogens (tertiary/aromatic N) is 1. The van der Waals surface area contributed by atoms with Crippen molar-refractivity contribution in [3.05, 3.63) is 46.4 Å². The van der Waals surface area contributed by atoms with Gasteiger partial charge in [0.15, 0.2) is 11.5 Å². The summed E-state index contributed by atoms with van der Waals surface area (Å²) in [6.45, 7) is 4.26. The van der Waals surface area contributed by atoms with Gasteiger partial charge in [-0.1, -0.05) is 0 Å². The number of phenolic OH excluding ortho intramolecular Hbond substituents is 1. The third kappa shape index (κ3) is 5.89. The largest absolute Gasteiger partial charge is 0.503 e. The molecule has 1 amide bonds. The highest BCUT2D eigenvalue weighted by atomic mass is 79.9. The lowest BCUT2D eigenvalue weighted by Crippen LogP contribution is -2.34. The molecule has 0 saturated heterocycles. The van der Waals surface area contributed by atoms with Crippen LogP contribution < -0.4 is 20.2 Å². The second-order valence-electron chi connectivity index (χ2n) is 5.61. The Kier molecular flexibility index (Phi) is 7.48. The summed E-state index contributed by atoms with van der Waals surface area (Å²) >= 11 is 3.24. The van der Waals surface area contributed by atoms with Crippen LogP contribution in [0.3, 0.4) is 0 Å². The van der Waals surface area contributed by atoms with Gasteiger partial charge in [0.25, 0.3) is 5.91 Å². The zero-order valence-corrected chi connectivity index (χ0v) is 16.9. The van der Waals surface area contributed by atoms with Gasteiger partial charge in [-0.3, -0.25) is 4.79 Å². The van der Waals surface area contributed by atoms with Gasteiger partial charge >= 0.3 is 0 Å². The van der Waals surface area contributed by atoms with Crippen molar-refractivity contribution in [2.75, 3.05) is 19.0 Å². The zero-order valence-electron chi connectivity index (χ0n) is 15.3. The van der Waals surface area contributed by atoms with E-state index < -0.39 is 6.04 Å². The van der Waals surface area contributed by atoms with E-state index in [1.54, 1.807) is 19.1 Å². The number of aromatic hydroxyl groups is 1. The molecule has 0 radical (unpaired) electrons. The summed E-state index contributed by atoms with van der Waals surface area (Å²) in [5, 5.41) is 16.8. The van der Waals surface area contributed by atoms with Crippen molar-refractivity contribution in [1.29, 1.82) is 0 Å². The average Bonchev–Trinajstić information content (AvgIpc) is 2.66. The fourth-order valence-electron chi connectivity index (χ4n) is 2.22. The number of carbonyl (C=O) groups is 1. The van der Waals surface area contributed by atoms with Crippen molar-refractivity contribution >= 4 is 33.7 Å². The topological polar surface area (TPSA) is 92.2 Å². The van der Waals surface area contributed by atoms with Gasteiger partial charge in [-0.05, 0) is 71.7 Å². The summed E-state index contributed by atoms with van der Waals surface area (Å²) in [7, 11) is 1.46. The number of nitrogens with one attached hydrogen (secondary N) is 2. The van der Waals surface area contributed by atoms with Gasteiger partial charge < -0.3 is 19.9 Å². The SMILES string of the molecule is CCOc1ccc(N[C@H](C)C(=O)N/N=C\c2cc(Br)c(O)c(OC)c2)cc1. The predicted molar refractivity (Wildman–Crippen MR) is 109 cm³/mol. The van der Waals surface area contributed by atoms with Gasteiger partial charge in [-0.25, -0.2) is 5.43 Å². The molecule has 1 atom stereocenters. The lowest BCUT2D eigenvalue weighted by atomic mass is 10.2. The number of hydrogen-bond acceptors (Lipinski definition) is 6. The fourth-order valence-corrected chi connectivity index (χ4v) is 2.68. The molecule has 0 heterocycles. The molecule has 0 unspecified atom stereocenters. The number of carbonyl (C=O) groups excluding carboxylic acids is 1. The van der Waals surface area contributed by atoms with Crippen LogP contribution in [0.25, 0.3) is 0 Å². The molecule has 0 fully saturated rings. The number of hydrogen-bond donors (Lipinski definition) is 3. The zero-order chi connectivity index (χ0) is 19.8. The molecule has 2 rings (SSSR count). The number of hydrazone groups is 1. The van der Waals surface area contributed by atoms with Crippen molar-refractivity contribution in [2.45, 2.75) is 19.9 Å². The third-order valence-corrected chi connectivity index (χ3v) is 4.21. The van der Waals surface area contributed by atoms with Gasteiger partial charge in [0, 0.05) is 5.69 Å². The van der Waals surface area contributed by atoms with Crippen LogP contribution in [0.15, 0.2) is 46.0 Å². The Balaban J connectivity index is 1.92. The highest BCUT2D eigenvalue weighted by molar-refractivity contribution is 9.10. The average molecular weight is 436 g/mol. The van der Waals surface area contributed by atoms with E-state index >= 15 is 0 Å². The first-order valence-corrected chi connectivity index (χ1v) is 9.12. The summed E-state index contributed by atoms with van der Waals surface area (Å²) in [6, 6.07) is 10.2. The summed E-state index contributed by atoms with van der Waals surface area (Å²) in [5.74, 6) is 0.805. The lowest BCUT2D eigenvalue weighted by molar-refractivity contribution is -0.121. The molecule has 3 N–H and O–H groups in total. The second kappa shape index (κ2) is 9.82. The summed E-state index contributed by atoms with van der Waals surface area (Å²) < 4.78 is 10.9. The van der Waals surface area contributed by atoms with E-state index in [0.29, 0.717) is 22.4 Å². The van der Waals surface area contributed by atoms with E-state index in [1.807, 2.05) is 31.2 Å². The Hall–Kier alpha value is -2.74. The maximum Gasteiger partial charge on any atom is 0.262 e. The molecule has 144 valence electrons. The Bertz CT molecular complexity index is 809. The van der Waals surface area contributed by atoms with E-state index in [0.717, 1.165) is 11.4 Å². The molecule has 8 heteroatoms. The predicted octanol–water partition coefficient (Wildman–Crippen LogP) is 3.51. The van der Waals surface area contributed by atoms with E-state index in [9.17, 15) is 9.90 Å². The van der Waals surface area contributed by atoms with Gasteiger partial charge in [0.1, 0.15) is 11.8 Å². The minimum absolute atomic E-state index is 0.00635. The number of rotatable bonds is 8. The Morgan fingerprint density at radius 1 is 1.33 bits per heavy atom. The summed E-state index contributed by atoms with van der Waals surface area (Å²) in [6.07, 6.45) is 1.47. The minimum Gasteiger partial charge on any atom is -0.503 e. The molecule has 27 heavy (non-hydrogen) atoms. The van der Waals surface area contributed by atoms with Crippen LogP contribution in [-0.4, -0.2) is 37.0 Å². The van der Waals surface area contributed by atoms with Crippen LogP contribution >= 0.6 is 15.9 Å². The molecule has 0 aliphatic rings. The van der Waals surface area contributed by atoms with Crippen molar-refractivity contribution < 1.29 is 19.4 Å². The maximum atomic E-state index is 12.2. The smallest absolute Gasteiger partial charge is 0.262 e. The summed E-state index contributed by atoms with van der Waals surface area (Å²) in [4.78, 5) is 12.2. The van der Waals surface area contributed by atoms with Crippen LogP contribution in [0.5, 0.6) is 17.2 Å². The van der Waals surface area contributed by atoms with Gasteiger partial charge in [0.2, 0.25) is 0 Å². The number of ether oxygens (including phenoxy) is 2. The monoisotopic (exact) mass is 435 g/mol. The fraction of sp³-hybridized carbons (Fsp3) is 0.263. The Morgan fingerprint density at radius 2 is 2.04 bits per heavy atom. The third-order valence-electron chi connectivity index (χ3n) is 3.60. The van der Waals surface area contributed by atoms with Crippen LogP contribution in [0, 0.1) is 0 Å². The quantitative estimate of drug-likeness (QED) is 0.435. The van der Waals surface area contributed by atoms with Gasteiger partial charge in [-0.2, -0.15) is 5.10 Å². The maximum absolute atomic E-state index is 12.2. The van der Waals surface area contributed by atoms with Crippen molar-refractivity contribution in [2.24, 2.45) is 5.10 Å². The van der Waals surface area contributed by atoms with Crippen molar-refractivity contribution in [1.82, 2.24) is 5.43 Å². The van der Waals surface area contributed by atoms with Gasteiger partial charge in [-0.15, -0.1) is 0 Å². The number of benzene rings is 2. The normalized spacial score (nSPS) is 11.9. The van der Waals surface area contributed by atoms with E-state index in [-0.39, 0.29) is 11.7 Å². The molecular weight excluding hydrogens is 414 g/mol. The molecule has 0 bridgehead atoms. The standard InChI is InChI=1S/C19H22BrN3O4/c1-4-27-15-7-5-14(6-8-15)22-12(2)19(25)23-21-11-13-9-16(20)18(24)17(10-13)26-3/h5-12,22,24H,4H2,1-3H3,(H,23,25)/b21-11-/t12-/m1/s1. The highest BCUT2D eigenvalue weighted by Crippen LogP contribution is 2.34. The number of anilines is 1. The first kappa shape index (κ1) is 20.6. The molecule has 0 aliphatic heterocycles. The Morgan fingerprint density at radius 3 is 2.67 bits per heavy atom. The molecule has 0 aliphatic carbocycles. The second-order valence-corrected chi connectivity index (χ2v) is 6.47. The number of halogens is 1. The van der Waals surface area contributed by atoms with E-state index in [4.69, 9.17) is 9.47 Å². The molecule has 2 aromatic carbocycles. The molecule has 0 saturated carbocycles. The van der Waals surface area contributed by atoms with Crippen LogP contribution in [0.4, 0.5) is 5.69 Å². The van der Waals surface area contributed by atoms with E-state index in [1.165, 1.54) is 13.3 Å². The molecule has 0 spiro atoms. The summed E-state index contributed by atoms with van der Waals surface area (Å²) in [5.41, 5.74) is 3.94. The van der Waals surface area contributed by atoms with Gasteiger partial charge in [0.05, 0.1) is 24.4 Å². The molecule has 7 nitrogen and oxygen atoms in total. The number of phenols is 1. The number of amides is 1. The minimum atomic E-state index is -0.485. The van der Waals surface area contributed by atoms with E-state index in [2.05, 4.69) is 31.8 Å². The van der Waals surface area contributed by atoms with Crippen LogP contribution in [0.2, 0.25) is 0 Å². The van der Waals surface area contributed by atoms with Crippen molar-refractivity contribution in [3.63, 3.8) is 0 Å². The number of methoxy groups -OCH3 is 1. The molecular formula is C19H22BrN3O4.